The lowest BCUT2D eigenvalue weighted by Gasteiger charge is -2.34. The van der Waals surface area contributed by atoms with E-state index in [0.717, 1.165) is 37.3 Å². The fourth-order valence-electron chi connectivity index (χ4n) is 4.96. The van der Waals surface area contributed by atoms with Crippen molar-refractivity contribution in [2.45, 2.75) is 12.5 Å². The normalized spacial score (nSPS) is 16.5. The van der Waals surface area contributed by atoms with Gasteiger partial charge in [0.05, 0.1) is 32.4 Å². The van der Waals surface area contributed by atoms with Crippen LogP contribution in [0.3, 0.4) is 0 Å². The minimum atomic E-state index is 0.301. The molecule has 0 saturated carbocycles. The number of hydrogen-bond donors (Lipinski definition) is 2. The largest absolute Gasteiger partial charge is 0.507 e. The van der Waals surface area contributed by atoms with Crippen molar-refractivity contribution in [1.29, 1.82) is 0 Å². The summed E-state index contributed by atoms with van der Waals surface area (Å²) in [7, 11) is 0. The Balaban J connectivity index is 1.30. The van der Waals surface area contributed by atoms with E-state index in [9.17, 15) is 5.11 Å². The number of nitrogens with zero attached hydrogens (tertiary/aromatic N) is 2. The number of para-hydroxylation sites is 1. The van der Waals surface area contributed by atoms with E-state index in [2.05, 4.69) is 65.2 Å². The number of piperazine rings is 1. The monoisotopic (exact) mass is 410 g/mol. The number of rotatable bonds is 5. The van der Waals surface area contributed by atoms with Crippen LogP contribution >= 0.6 is 0 Å². The number of benzene rings is 3. The zero-order chi connectivity index (χ0) is 21.2. The number of phenolic OH excluding ortho intramolecular Hbond substituents is 1. The van der Waals surface area contributed by atoms with E-state index in [-0.39, 0.29) is 0 Å². The summed E-state index contributed by atoms with van der Waals surface area (Å²) in [5.41, 5.74) is 7.29. The highest BCUT2D eigenvalue weighted by Gasteiger charge is 2.37. The van der Waals surface area contributed by atoms with Gasteiger partial charge in [-0.1, -0.05) is 66.7 Å². The molecule has 5 rings (SSSR count). The summed E-state index contributed by atoms with van der Waals surface area (Å²) >= 11 is 0. The van der Waals surface area contributed by atoms with Crippen molar-refractivity contribution >= 4 is 6.21 Å². The first-order valence-corrected chi connectivity index (χ1v) is 11.0. The Hall–Kier alpha value is -3.37. The molecule has 2 N–H and O–H groups in total. The van der Waals surface area contributed by atoms with E-state index >= 15 is 0 Å². The number of fused-ring (bicyclic) bond motifs is 3. The molecular weight excluding hydrogens is 382 g/mol. The molecule has 1 heterocycles. The summed E-state index contributed by atoms with van der Waals surface area (Å²) in [5.74, 6) is 0.301. The van der Waals surface area contributed by atoms with Gasteiger partial charge in [-0.3, -0.25) is 5.01 Å². The molecule has 0 amide bonds. The topological polar surface area (TPSA) is 40.3 Å². The second-order valence-corrected chi connectivity index (χ2v) is 8.31. The number of hydrogen-bond acceptors (Lipinski definition) is 3. The number of allylic oxidation sites excluding steroid dienone is 1. The molecule has 0 atom stereocenters. The number of nitrogens with one attached hydrogen (secondary N) is 1. The van der Waals surface area contributed by atoms with Crippen molar-refractivity contribution in [3.8, 4) is 16.9 Å². The van der Waals surface area contributed by atoms with Crippen molar-refractivity contribution in [1.82, 2.24) is 5.01 Å². The predicted molar refractivity (Wildman–Crippen MR) is 126 cm³/mol. The third-order valence-electron chi connectivity index (χ3n) is 6.50. The third kappa shape index (κ3) is 3.64. The molecule has 1 saturated heterocycles. The van der Waals surface area contributed by atoms with Crippen molar-refractivity contribution in [2.75, 3.05) is 26.2 Å². The summed E-state index contributed by atoms with van der Waals surface area (Å²) in [4.78, 5) is 1.60. The van der Waals surface area contributed by atoms with Crippen molar-refractivity contribution in [3.63, 3.8) is 0 Å². The Labute approximate surface area is 183 Å². The lowest BCUT2D eigenvalue weighted by molar-refractivity contribution is -0.929. The third-order valence-corrected chi connectivity index (χ3v) is 6.50. The lowest BCUT2D eigenvalue weighted by atomic mass is 10.0. The number of phenols is 1. The van der Waals surface area contributed by atoms with Gasteiger partial charge in [0.15, 0.2) is 0 Å². The molecule has 2 aliphatic rings. The maximum absolute atomic E-state index is 10.5. The van der Waals surface area contributed by atoms with Crippen LogP contribution in [0, 0.1) is 0 Å². The van der Waals surface area contributed by atoms with Crippen LogP contribution in [0.2, 0.25) is 0 Å². The number of aromatic hydroxyl groups is 1. The Kier molecular flexibility index (Phi) is 5.31. The SMILES string of the molecule is C=CCc1cccc(/C=N/N2CC[NH+](C3c4ccccc4-c4ccccc43)CC2)c1O. The average Bonchev–Trinajstić information content (AvgIpc) is 3.15. The van der Waals surface area contributed by atoms with Crippen LogP contribution in [-0.4, -0.2) is 42.5 Å². The molecule has 1 aliphatic heterocycles. The highest BCUT2D eigenvalue weighted by molar-refractivity contribution is 5.84. The molecule has 3 aromatic carbocycles. The highest BCUT2D eigenvalue weighted by Crippen LogP contribution is 2.41. The van der Waals surface area contributed by atoms with Crippen molar-refractivity contribution in [3.05, 3.63) is 102 Å². The Morgan fingerprint density at radius 2 is 1.58 bits per heavy atom. The van der Waals surface area contributed by atoms with Gasteiger partial charge < -0.3 is 10.0 Å². The van der Waals surface area contributed by atoms with E-state index in [1.165, 1.54) is 22.3 Å². The fourth-order valence-corrected chi connectivity index (χ4v) is 4.96. The predicted octanol–water partition coefficient (Wildman–Crippen LogP) is 3.43. The smallest absolute Gasteiger partial charge is 0.140 e. The molecule has 0 radical (unpaired) electrons. The van der Waals surface area contributed by atoms with Crippen LogP contribution < -0.4 is 4.90 Å². The van der Waals surface area contributed by atoms with E-state index < -0.39 is 0 Å². The minimum absolute atomic E-state index is 0.301. The lowest BCUT2D eigenvalue weighted by Crippen LogP contribution is -3.14. The van der Waals surface area contributed by atoms with Gasteiger partial charge in [-0.25, -0.2) is 0 Å². The van der Waals surface area contributed by atoms with Crippen LogP contribution in [0.15, 0.2) is 84.5 Å². The molecule has 0 aromatic heterocycles. The van der Waals surface area contributed by atoms with Gasteiger partial charge in [0.1, 0.15) is 11.8 Å². The first-order valence-electron chi connectivity index (χ1n) is 11.0. The van der Waals surface area contributed by atoms with Gasteiger partial charge in [0, 0.05) is 16.7 Å². The van der Waals surface area contributed by atoms with Crippen LogP contribution in [0.25, 0.3) is 11.1 Å². The van der Waals surface area contributed by atoms with Crippen LogP contribution in [-0.2, 0) is 6.42 Å². The fraction of sp³-hybridized carbons (Fsp3) is 0.222. The quantitative estimate of drug-likeness (QED) is 0.500. The molecule has 0 unspecified atom stereocenters. The van der Waals surface area contributed by atoms with E-state index in [0.29, 0.717) is 18.2 Å². The zero-order valence-corrected chi connectivity index (χ0v) is 17.7. The summed E-state index contributed by atoms with van der Waals surface area (Å²) in [6.45, 7) is 7.63. The molecule has 156 valence electrons. The summed E-state index contributed by atoms with van der Waals surface area (Å²) in [6.07, 6.45) is 4.24. The van der Waals surface area contributed by atoms with Gasteiger partial charge in [0.25, 0.3) is 0 Å². The van der Waals surface area contributed by atoms with E-state index in [4.69, 9.17) is 0 Å². The molecule has 4 nitrogen and oxygen atoms in total. The first kappa shape index (κ1) is 19.6. The molecule has 0 spiro atoms. The standard InChI is InChI=1S/C27H27N3O/c1-2-8-20-9-7-10-21(27(20)31)19-28-30-17-15-29(16-18-30)26-24-13-5-3-11-22(24)23-12-4-6-14-25(23)26/h2-7,9-14,19,26,31H,1,8,15-18H2/p+1/b28-19+. The molecule has 0 bridgehead atoms. The molecule has 1 fully saturated rings. The first-order chi connectivity index (χ1) is 15.3. The van der Waals surface area contributed by atoms with Crippen molar-refractivity contribution in [2.24, 2.45) is 5.10 Å². The van der Waals surface area contributed by atoms with Crippen molar-refractivity contribution < 1.29 is 10.0 Å². The molecular formula is C27H28N3O+. The second kappa shape index (κ2) is 8.40. The summed E-state index contributed by atoms with van der Waals surface area (Å²) in [5, 5.41) is 17.3. The zero-order valence-electron chi connectivity index (χ0n) is 17.7. The summed E-state index contributed by atoms with van der Waals surface area (Å²) < 4.78 is 0. The summed E-state index contributed by atoms with van der Waals surface area (Å²) in [6, 6.07) is 23.9. The van der Waals surface area contributed by atoms with Crippen LogP contribution in [0.4, 0.5) is 0 Å². The van der Waals surface area contributed by atoms with Gasteiger partial charge in [-0.15, -0.1) is 6.58 Å². The molecule has 1 aliphatic carbocycles. The number of quaternary nitrogens is 1. The molecule has 31 heavy (non-hydrogen) atoms. The average molecular weight is 411 g/mol. The number of hydrazone groups is 1. The highest BCUT2D eigenvalue weighted by atomic mass is 16.3. The second-order valence-electron chi connectivity index (χ2n) is 8.31. The van der Waals surface area contributed by atoms with Crippen LogP contribution in [0.5, 0.6) is 5.75 Å². The van der Waals surface area contributed by atoms with E-state index in [1.54, 1.807) is 17.2 Å². The van der Waals surface area contributed by atoms with E-state index in [1.807, 2.05) is 18.2 Å². The van der Waals surface area contributed by atoms with Gasteiger partial charge in [0.2, 0.25) is 0 Å². The maximum Gasteiger partial charge on any atom is 0.140 e. The molecule has 4 heteroatoms. The Morgan fingerprint density at radius 1 is 0.935 bits per heavy atom. The molecule has 3 aromatic rings. The minimum Gasteiger partial charge on any atom is -0.507 e. The van der Waals surface area contributed by atoms with Gasteiger partial charge in [-0.05, 0) is 29.2 Å². The Bertz CT molecular complexity index is 1080. The Morgan fingerprint density at radius 3 is 2.23 bits per heavy atom. The van der Waals surface area contributed by atoms with Gasteiger partial charge >= 0.3 is 0 Å². The van der Waals surface area contributed by atoms with Crippen LogP contribution in [0.1, 0.15) is 28.3 Å². The maximum atomic E-state index is 10.5. The van der Waals surface area contributed by atoms with Gasteiger partial charge in [-0.2, -0.15) is 5.10 Å².